The van der Waals surface area contributed by atoms with Gasteiger partial charge in [0.25, 0.3) is 5.56 Å². The molecule has 12 heteroatoms. The van der Waals surface area contributed by atoms with Gasteiger partial charge in [-0.2, -0.15) is 4.68 Å². The van der Waals surface area contributed by atoms with Crippen LogP contribution in [0.3, 0.4) is 0 Å². The summed E-state index contributed by atoms with van der Waals surface area (Å²) in [6.07, 6.45) is -4.42. The monoisotopic (exact) mass is 355 g/mol. The predicted octanol–water partition coefficient (Wildman–Crippen LogP) is -2.68. The van der Waals surface area contributed by atoms with Crippen molar-refractivity contribution in [1.29, 1.82) is 5.41 Å². The molecule has 0 spiro atoms. The number of hydrogen-bond donors (Lipinski definition) is 6. The Morgan fingerprint density at radius 2 is 2.08 bits per heavy atom. The van der Waals surface area contributed by atoms with Gasteiger partial charge in [-0.1, -0.05) is 18.6 Å². The van der Waals surface area contributed by atoms with Crippen LogP contribution in [0.2, 0.25) is 0 Å². The van der Waals surface area contributed by atoms with Gasteiger partial charge in [-0.25, -0.2) is 4.99 Å². The Labute approximate surface area is 142 Å². The first-order valence-electron chi connectivity index (χ1n) is 7.61. The zero-order chi connectivity index (χ0) is 18.7. The maximum Gasteiger partial charge on any atom is 0.299 e. The van der Waals surface area contributed by atoms with E-state index >= 15 is 0 Å². The number of guanidine groups is 1. The summed E-state index contributed by atoms with van der Waals surface area (Å²) < 4.78 is 5.93. The normalized spacial score (nSPS) is 25.8. The second-order valence-electron chi connectivity index (χ2n) is 5.53. The molecule has 0 aromatic carbocycles. The van der Waals surface area contributed by atoms with Gasteiger partial charge in [0.1, 0.15) is 24.0 Å². The van der Waals surface area contributed by atoms with Crippen LogP contribution in [0.25, 0.3) is 0 Å². The van der Waals surface area contributed by atoms with Crippen LogP contribution in [0, 0.1) is 5.41 Å². The third-order valence-electron chi connectivity index (χ3n) is 3.66. The molecule has 2 heterocycles. The Bertz CT molecular complexity index is 730. The molecule has 1 aliphatic heterocycles. The number of ether oxygens (including phenoxy) is 1. The lowest BCUT2D eigenvalue weighted by molar-refractivity contribution is -0.0622. The van der Waals surface area contributed by atoms with Gasteiger partial charge in [0.2, 0.25) is 0 Å². The first-order chi connectivity index (χ1) is 11.8. The molecule has 138 valence electrons. The van der Waals surface area contributed by atoms with Crippen LogP contribution in [-0.4, -0.2) is 66.9 Å². The van der Waals surface area contributed by atoms with Crippen LogP contribution >= 0.6 is 0 Å². The highest BCUT2D eigenvalue weighted by atomic mass is 16.6. The average Bonchev–Trinajstić information content (AvgIpc) is 2.84. The van der Waals surface area contributed by atoms with Gasteiger partial charge in [0.05, 0.1) is 12.3 Å². The second-order valence-corrected chi connectivity index (χ2v) is 5.53. The van der Waals surface area contributed by atoms with Crippen molar-refractivity contribution in [3.63, 3.8) is 0 Å². The number of aliphatic imine (C=N–C) groups is 1. The molecular formula is C13H21N7O5. The fourth-order valence-electron chi connectivity index (χ4n) is 2.44. The SMILES string of the molecule is CCCC(=N)c1nnn(C2OC(CO)C(O)C2O)c(=O)c1N=C(N)N. The summed E-state index contributed by atoms with van der Waals surface area (Å²) in [5, 5.41) is 44.4. The molecule has 0 bridgehead atoms. The summed E-state index contributed by atoms with van der Waals surface area (Å²) in [5.41, 5.74) is 9.46. The topological polar surface area (TPSA) is 206 Å². The predicted molar refractivity (Wildman–Crippen MR) is 86.5 cm³/mol. The number of aliphatic hydroxyl groups is 3. The summed E-state index contributed by atoms with van der Waals surface area (Å²) in [6, 6.07) is 0. The number of rotatable bonds is 6. The Balaban J connectivity index is 2.54. The highest BCUT2D eigenvalue weighted by Gasteiger charge is 2.44. The van der Waals surface area contributed by atoms with E-state index in [4.69, 9.17) is 26.7 Å². The number of aromatic nitrogens is 3. The molecule has 4 atom stereocenters. The van der Waals surface area contributed by atoms with Gasteiger partial charge in [-0.3, -0.25) is 4.79 Å². The molecule has 1 saturated heterocycles. The molecular weight excluding hydrogens is 334 g/mol. The molecule has 12 nitrogen and oxygen atoms in total. The van der Waals surface area contributed by atoms with Gasteiger partial charge in [-0.15, -0.1) is 5.10 Å². The van der Waals surface area contributed by atoms with Crippen molar-refractivity contribution in [2.45, 2.75) is 44.3 Å². The van der Waals surface area contributed by atoms with Crippen LogP contribution in [0.15, 0.2) is 9.79 Å². The van der Waals surface area contributed by atoms with Gasteiger partial charge < -0.3 is 36.9 Å². The molecule has 1 fully saturated rings. The Morgan fingerprint density at radius 3 is 2.60 bits per heavy atom. The molecule has 8 N–H and O–H groups in total. The van der Waals surface area contributed by atoms with E-state index in [9.17, 15) is 15.0 Å². The molecule has 1 aromatic heterocycles. The number of nitrogens with two attached hydrogens (primary N) is 2. The van der Waals surface area contributed by atoms with Crippen LogP contribution in [0.1, 0.15) is 31.7 Å². The van der Waals surface area contributed by atoms with E-state index in [1.807, 2.05) is 6.92 Å². The maximum absolute atomic E-state index is 12.7. The standard InChI is InChI=1S/C13H21N7O5/c1-2-3-5(14)7-8(17-13(15)16)11(24)20(19-18-7)12-10(23)9(22)6(4-21)25-12/h6,9-10,12,14,21-23H,2-4H2,1H3,(H4,15,16,17). The molecule has 1 aromatic rings. The molecule has 0 aliphatic carbocycles. The van der Waals surface area contributed by atoms with Crippen LogP contribution < -0.4 is 17.0 Å². The quantitative estimate of drug-likeness (QED) is 0.232. The molecule has 1 aliphatic rings. The van der Waals surface area contributed by atoms with E-state index in [0.717, 1.165) is 0 Å². The summed E-state index contributed by atoms with van der Waals surface area (Å²) in [4.78, 5) is 16.4. The van der Waals surface area contributed by atoms with Crippen molar-refractivity contribution in [2.24, 2.45) is 16.5 Å². The van der Waals surface area contributed by atoms with Gasteiger partial charge in [-0.05, 0) is 6.42 Å². The van der Waals surface area contributed by atoms with E-state index in [1.54, 1.807) is 0 Å². The molecule has 2 rings (SSSR count). The summed E-state index contributed by atoms with van der Waals surface area (Å²) in [6.45, 7) is 1.29. The minimum Gasteiger partial charge on any atom is -0.394 e. The first-order valence-corrected chi connectivity index (χ1v) is 7.61. The molecule has 0 amide bonds. The van der Waals surface area contributed by atoms with Crippen molar-refractivity contribution in [3.8, 4) is 0 Å². The highest BCUT2D eigenvalue weighted by Crippen LogP contribution is 2.28. The fourth-order valence-corrected chi connectivity index (χ4v) is 2.44. The Kier molecular flexibility index (Phi) is 5.79. The zero-order valence-corrected chi connectivity index (χ0v) is 13.5. The van der Waals surface area contributed by atoms with Gasteiger partial charge >= 0.3 is 0 Å². The van der Waals surface area contributed by atoms with Crippen molar-refractivity contribution in [2.75, 3.05) is 6.61 Å². The molecule has 4 unspecified atom stereocenters. The summed E-state index contributed by atoms with van der Waals surface area (Å²) in [5.74, 6) is -0.414. The second kappa shape index (κ2) is 7.65. The third kappa shape index (κ3) is 3.66. The van der Waals surface area contributed by atoms with E-state index in [1.165, 1.54) is 0 Å². The molecule has 0 radical (unpaired) electrons. The van der Waals surface area contributed by atoms with Crippen molar-refractivity contribution in [1.82, 2.24) is 15.0 Å². The number of nitrogens with one attached hydrogen (secondary N) is 1. The fraction of sp³-hybridized carbons (Fsp3) is 0.615. The van der Waals surface area contributed by atoms with Crippen molar-refractivity contribution < 1.29 is 20.1 Å². The lowest BCUT2D eigenvalue weighted by Gasteiger charge is -2.16. The van der Waals surface area contributed by atoms with Gasteiger partial charge in [0.15, 0.2) is 17.9 Å². The average molecular weight is 355 g/mol. The van der Waals surface area contributed by atoms with Crippen LogP contribution in [0.5, 0.6) is 0 Å². The molecule has 25 heavy (non-hydrogen) atoms. The molecule has 0 saturated carbocycles. The Morgan fingerprint density at radius 1 is 1.40 bits per heavy atom. The van der Waals surface area contributed by atoms with E-state index in [-0.39, 0.29) is 17.1 Å². The smallest absolute Gasteiger partial charge is 0.299 e. The lowest BCUT2D eigenvalue weighted by atomic mass is 10.1. The van der Waals surface area contributed by atoms with E-state index < -0.39 is 42.7 Å². The number of hydrogen-bond acceptors (Lipinski definition) is 9. The summed E-state index contributed by atoms with van der Waals surface area (Å²) in [7, 11) is 0. The largest absolute Gasteiger partial charge is 0.394 e. The number of nitrogens with zero attached hydrogens (tertiary/aromatic N) is 4. The van der Waals surface area contributed by atoms with E-state index in [2.05, 4.69) is 15.3 Å². The summed E-state index contributed by atoms with van der Waals surface area (Å²) >= 11 is 0. The number of aliphatic hydroxyl groups excluding tert-OH is 3. The van der Waals surface area contributed by atoms with Crippen molar-refractivity contribution in [3.05, 3.63) is 16.0 Å². The van der Waals surface area contributed by atoms with Crippen molar-refractivity contribution >= 4 is 17.4 Å². The zero-order valence-electron chi connectivity index (χ0n) is 13.5. The minimum absolute atomic E-state index is 0.0282. The van der Waals surface area contributed by atoms with E-state index in [0.29, 0.717) is 17.5 Å². The van der Waals surface area contributed by atoms with Gasteiger partial charge in [0, 0.05) is 0 Å². The maximum atomic E-state index is 12.7. The lowest BCUT2D eigenvalue weighted by Crippen LogP contribution is -2.37. The minimum atomic E-state index is -1.52. The first kappa shape index (κ1) is 18.9. The Hall–Kier alpha value is -2.41. The third-order valence-corrected chi connectivity index (χ3v) is 3.66. The van der Waals surface area contributed by atoms with Crippen LogP contribution in [-0.2, 0) is 4.74 Å². The van der Waals surface area contributed by atoms with Crippen LogP contribution in [0.4, 0.5) is 5.69 Å². The highest BCUT2D eigenvalue weighted by molar-refractivity contribution is 6.01.